The third kappa shape index (κ3) is 1.97. The summed E-state index contributed by atoms with van der Waals surface area (Å²) < 4.78 is 0. The van der Waals surface area contributed by atoms with Gasteiger partial charge in [0.05, 0.1) is 12.3 Å². The quantitative estimate of drug-likeness (QED) is 0.550. The van der Waals surface area contributed by atoms with Crippen LogP contribution in [0.25, 0.3) is 6.08 Å². The first kappa shape index (κ1) is 10.4. The van der Waals surface area contributed by atoms with E-state index in [2.05, 4.69) is 4.98 Å². The van der Waals surface area contributed by atoms with Crippen LogP contribution >= 0.6 is 0 Å². The Bertz CT molecular complexity index is 372. The van der Waals surface area contributed by atoms with Crippen molar-refractivity contribution in [1.82, 2.24) is 4.98 Å². The average molecular weight is 193 g/mol. The van der Waals surface area contributed by atoms with Gasteiger partial charge >= 0.3 is 0 Å². The molecular weight excluding hydrogens is 182 g/mol. The van der Waals surface area contributed by atoms with E-state index in [1.807, 2.05) is 0 Å². The van der Waals surface area contributed by atoms with Crippen molar-refractivity contribution in [2.75, 3.05) is 0 Å². The van der Waals surface area contributed by atoms with Crippen LogP contribution in [-0.2, 0) is 11.4 Å². The summed E-state index contributed by atoms with van der Waals surface area (Å²) in [5, 5.41) is 18.6. The maximum atomic E-state index is 10.1. The van der Waals surface area contributed by atoms with Crippen molar-refractivity contribution in [1.29, 1.82) is 0 Å². The smallest absolute Gasteiger partial charge is 0.144 e. The molecule has 0 radical (unpaired) electrons. The Kier molecular flexibility index (Phi) is 3.36. The molecule has 0 bridgehead atoms. The summed E-state index contributed by atoms with van der Waals surface area (Å²) in [6, 6.07) is 0. The fourth-order valence-corrected chi connectivity index (χ4v) is 1.10. The predicted molar refractivity (Wildman–Crippen MR) is 51.7 cm³/mol. The topological polar surface area (TPSA) is 70.4 Å². The Hall–Kier alpha value is -1.68. The molecule has 2 N–H and O–H groups in total. The number of pyridine rings is 1. The summed E-state index contributed by atoms with van der Waals surface area (Å²) in [5.74, 6) is -0.00495. The zero-order valence-corrected chi connectivity index (χ0v) is 7.77. The fraction of sp³-hybridized carbons (Fsp3) is 0.200. The molecule has 4 heteroatoms. The normalized spacial score (nSPS) is 10.7. The van der Waals surface area contributed by atoms with E-state index in [0.29, 0.717) is 23.1 Å². The van der Waals surface area contributed by atoms with Crippen molar-refractivity contribution >= 4 is 12.4 Å². The largest absolute Gasteiger partial charge is 0.505 e. The highest BCUT2D eigenvalue weighted by atomic mass is 16.3. The molecule has 4 nitrogen and oxygen atoms in total. The van der Waals surface area contributed by atoms with Gasteiger partial charge in [-0.05, 0) is 19.1 Å². The Morgan fingerprint density at radius 1 is 1.57 bits per heavy atom. The molecule has 1 aromatic rings. The molecule has 0 unspecified atom stereocenters. The van der Waals surface area contributed by atoms with Gasteiger partial charge in [-0.15, -0.1) is 0 Å². The summed E-state index contributed by atoms with van der Waals surface area (Å²) in [6.07, 6.45) is 4.78. The van der Waals surface area contributed by atoms with Crippen molar-refractivity contribution in [2.45, 2.75) is 13.5 Å². The lowest BCUT2D eigenvalue weighted by molar-refractivity contribution is -0.104. The lowest BCUT2D eigenvalue weighted by atomic mass is 10.1. The Morgan fingerprint density at radius 2 is 2.29 bits per heavy atom. The molecule has 74 valence electrons. The summed E-state index contributed by atoms with van der Waals surface area (Å²) >= 11 is 0. The number of carbonyl (C=O) groups excluding carboxylic acids is 1. The SMILES string of the molecule is Cc1ncc(CO)c(C=CC=O)c1O. The first-order chi connectivity index (χ1) is 6.70. The minimum absolute atomic E-state index is 0.00495. The van der Waals surface area contributed by atoms with E-state index >= 15 is 0 Å². The van der Waals surface area contributed by atoms with Gasteiger partial charge in [0, 0.05) is 17.3 Å². The summed E-state index contributed by atoms with van der Waals surface area (Å²) in [6.45, 7) is 1.42. The summed E-state index contributed by atoms with van der Waals surface area (Å²) in [4.78, 5) is 14.0. The number of nitrogens with zero attached hydrogens (tertiary/aromatic N) is 1. The van der Waals surface area contributed by atoms with Crippen LogP contribution in [0, 0.1) is 6.92 Å². The van der Waals surface area contributed by atoms with Gasteiger partial charge in [0.1, 0.15) is 12.0 Å². The van der Waals surface area contributed by atoms with Gasteiger partial charge in [-0.1, -0.05) is 0 Å². The van der Waals surface area contributed by atoms with Crippen LogP contribution in [0.4, 0.5) is 0 Å². The van der Waals surface area contributed by atoms with Crippen molar-refractivity contribution in [3.8, 4) is 5.75 Å². The van der Waals surface area contributed by atoms with Crippen molar-refractivity contribution in [3.63, 3.8) is 0 Å². The zero-order valence-electron chi connectivity index (χ0n) is 7.77. The molecule has 0 saturated carbocycles. The van der Waals surface area contributed by atoms with Crippen LogP contribution in [0.2, 0.25) is 0 Å². The standard InChI is InChI=1S/C10H11NO3/c1-7-10(14)9(3-2-4-12)8(6-13)5-11-7/h2-5,13-14H,6H2,1H3. The minimum atomic E-state index is -0.223. The number of rotatable bonds is 3. The van der Waals surface area contributed by atoms with Crippen LogP contribution in [0.15, 0.2) is 12.3 Å². The van der Waals surface area contributed by atoms with E-state index in [-0.39, 0.29) is 12.4 Å². The second kappa shape index (κ2) is 4.53. The number of aromatic hydroxyl groups is 1. The van der Waals surface area contributed by atoms with Crippen LogP contribution in [0.5, 0.6) is 5.75 Å². The molecule has 0 atom stereocenters. The third-order valence-electron chi connectivity index (χ3n) is 1.87. The van der Waals surface area contributed by atoms with Crippen molar-refractivity contribution in [2.24, 2.45) is 0 Å². The Morgan fingerprint density at radius 3 is 2.86 bits per heavy atom. The van der Waals surface area contributed by atoms with Gasteiger partial charge in [-0.25, -0.2) is 0 Å². The number of aliphatic hydroxyl groups excluding tert-OH is 1. The Labute approximate surface area is 81.5 Å². The van der Waals surface area contributed by atoms with Gasteiger partial charge in [0.25, 0.3) is 0 Å². The van der Waals surface area contributed by atoms with E-state index in [1.54, 1.807) is 6.92 Å². The second-order valence-electron chi connectivity index (χ2n) is 2.78. The number of aryl methyl sites for hydroxylation is 1. The first-order valence-electron chi connectivity index (χ1n) is 4.10. The fourth-order valence-electron chi connectivity index (χ4n) is 1.10. The number of carbonyl (C=O) groups is 1. The van der Waals surface area contributed by atoms with Crippen LogP contribution in [0.3, 0.4) is 0 Å². The van der Waals surface area contributed by atoms with Crippen LogP contribution in [-0.4, -0.2) is 21.5 Å². The molecule has 0 saturated heterocycles. The highest BCUT2D eigenvalue weighted by Crippen LogP contribution is 2.24. The number of hydrogen-bond donors (Lipinski definition) is 2. The van der Waals surface area contributed by atoms with E-state index in [1.165, 1.54) is 18.3 Å². The molecule has 0 aliphatic carbocycles. The molecule has 0 aliphatic rings. The molecule has 0 aromatic carbocycles. The molecule has 0 aliphatic heterocycles. The van der Waals surface area contributed by atoms with E-state index in [0.717, 1.165) is 0 Å². The maximum absolute atomic E-state index is 10.1. The number of aldehydes is 1. The van der Waals surface area contributed by atoms with Gasteiger partial charge in [0.15, 0.2) is 0 Å². The van der Waals surface area contributed by atoms with E-state index in [4.69, 9.17) is 5.11 Å². The minimum Gasteiger partial charge on any atom is -0.505 e. The third-order valence-corrected chi connectivity index (χ3v) is 1.87. The van der Waals surface area contributed by atoms with Crippen LogP contribution in [0.1, 0.15) is 16.8 Å². The number of aliphatic hydroxyl groups is 1. The zero-order chi connectivity index (χ0) is 10.6. The van der Waals surface area contributed by atoms with Crippen molar-refractivity contribution in [3.05, 3.63) is 29.1 Å². The van der Waals surface area contributed by atoms with Crippen LogP contribution < -0.4 is 0 Å². The maximum Gasteiger partial charge on any atom is 0.144 e. The van der Waals surface area contributed by atoms with Gasteiger partial charge in [0.2, 0.25) is 0 Å². The lowest BCUT2D eigenvalue weighted by Gasteiger charge is -2.06. The monoisotopic (exact) mass is 193 g/mol. The number of aromatic nitrogens is 1. The lowest BCUT2D eigenvalue weighted by Crippen LogP contribution is -1.94. The average Bonchev–Trinajstić information content (AvgIpc) is 2.20. The molecule has 0 fully saturated rings. The number of allylic oxidation sites excluding steroid dienone is 1. The van der Waals surface area contributed by atoms with E-state index < -0.39 is 0 Å². The second-order valence-corrected chi connectivity index (χ2v) is 2.78. The molecule has 0 spiro atoms. The first-order valence-corrected chi connectivity index (χ1v) is 4.10. The highest BCUT2D eigenvalue weighted by Gasteiger charge is 2.07. The highest BCUT2D eigenvalue weighted by molar-refractivity contribution is 5.76. The molecule has 1 aromatic heterocycles. The molecular formula is C10H11NO3. The van der Waals surface area contributed by atoms with Crippen molar-refractivity contribution < 1.29 is 15.0 Å². The molecule has 0 amide bonds. The predicted octanol–water partition coefficient (Wildman–Crippen LogP) is 0.800. The summed E-state index contributed by atoms with van der Waals surface area (Å²) in [5.41, 5.74) is 1.39. The Balaban J connectivity index is 3.27. The number of hydrogen-bond acceptors (Lipinski definition) is 4. The van der Waals surface area contributed by atoms with Gasteiger partial charge < -0.3 is 10.2 Å². The molecule has 1 rings (SSSR count). The van der Waals surface area contributed by atoms with E-state index in [9.17, 15) is 9.90 Å². The molecule has 1 heterocycles. The van der Waals surface area contributed by atoms with Gasteiger partial charge in [-0.3, -0.25) is 9.78 Å². The van der Waals surface area contributed by atoms with Gasteiger partial charge in [-0.2, -0.15) is 0 Å². The molecule has 14 heavy (non-hydrogen) atoms. The summed E-state index contributed by atoms with van der Waals surface area (Å²) in [7, 11) is 0.